The Kier molecular flexibility index (Phi) is 4.80. The van der Waals surface area contributed by atoms with Crippen molar-refractivity contribution in [2.24, 2.45) is 7.05 Å². The first kappa shape index (κ1) is 17.1. The fourth-order valence-electron chi connectivity index (χ4n) is 2.98. The van der Waals surface area contributed by atoms with Crippen molar-refractivity contribution in [3.05, 3.63) is 46.1 Å². The van der Waals surface area contributed by atoms with E-state index in [2.05, 4.69) is 10.4 Å². The molecule has 0 saturated carbocycles. The van der Waals surface area contributed by atoms with Gasteiger partial charge in [0.2, 0.25) is 0 Å². The third-order valence-corrected chi connectivity index (χ3v) is 4.31. The molecule has 0 spiro atoms. The van der Waals surface area contributed by atoms with Crippen molar-refractivity contribution < 1.29 is 14.5 Å². The topological polar surface area (TPSA) is 99.3 Å². The van der Waals surface area contributed by atoms with Gasteiger partial charge in [-0.2, -0.15) is 5.10 Å². The molecule has 1 amide bonds. The monoisotopic (exact) mass is 344 g/mol. The zero-order valence-corrected chi connectivity index (χ0v) is 14.1. The first-order valence-electron chi connectivity index (χ1n) is 8.16. The number of hydrogen-bond donors (Lipinski definition) is 1. The Labute approximate surface area is 144 Å². The summed E-state index contributed by atoms with van der Waals surface area (Å²) in [7, 11) is 1.73. The summed E-state index contributed by atoms with van der Waals surface area (Å²) in [5.41, 5.74) is 1.58. The van der Waals surface area contributed by atoms with Crippen LogP contribution in [0.15, 0.2) is 30.5 Å². The summed E-state index contributed by atoms with van der Waals surface area (Å²) in [6.07, 6.45) is 3.62. The van der Waals surface area contributed by atoms with E-state index in [1.165, 1.54) is 12.1 Å². The quantitative estimate of drug-likeness (QED) is 0.663. The number of amides is 1. The minimum Gasteiger partial charge on any atom is -0.376 e. The fourth-order valence-corrected chi connectivity index (χ4v) is 2.98. The number of non-ortho nitro benzene ring substituents is 1. The molecule has 2 atom stereocenters. The molecule has 132 valence electrons. The number of aromatic nitrogens is 2. The van der Waals surface area contributed by atoms with Crippen LogP contribution in [0.4, 0.5) is 5.69 Å². The highest BCUT2D eigenvalue weighted by Gasteiger charge is 2.26. The van der Waals surface area contributed by atoms with Gasteiger partial charge >= 0.3 is 0 Å². The second kappa shape index (κ2) is 7.02. The summed E-state index contributed by atoms with van der Waals surface area (Å²) >= 11 is 0. The fraction of sp³-hybridized carbons (Fsp3) is 0.412. The maximum atomic E-state index is 12.7. The Balaban J connectivity index is 1.82. The number of nitrogens with zero attached hydrogens (tertiary/aromatic N) is 3. The number of ether oxygens (including phenoxy) is 1. The van der Waals surface area contributed by atoms with Crippen LogP contribution in [0.5, 0.6) is 0 Å². The molecule has 2 heterocycles. The van der Waals surface area contributed by atoms with Gasteiger partial charge in [-0.25, -0.2) is 0 Å². The molecular formula is C17H20N4O4. The molecule has 1 fully saturated rings. The van der Waals surface area contributed by atoms with E-state index >= 15 is 0 Å². The minimum atomic E-state index is -0.459. The average Bonchev–Trinajstić information content (AvgIpc) is 3.24. The Hall–Kier alpha value is -2.74. The van der Waals surface area contributed by atoms with E-state index in [1.54, 1.807) is 30.1 Å². The molecule has 1 aliphatic heterocycles. The smallest absolute Gasteiger partial charge is 0.269 e. The maximum Gasteiger partial charge on any atom is 0.269 e. The number of benzene rings is 1. The van der Waals surface area contributed by atoms with E-state index in [0.29, 0.717) is 16.8 Å². The van der Waals surface area contributed by atoms with Gasteiger partial charge in [0, 0.05) is 37.5 Å². The number of hydrogen-bond acceptors (Lipinski definition) is 5. The van der Waals surface area contributed by atoms with Crippen LogP contribution >= 0.6 is 0 Å². The normalized spacial score (nSPS) is 18.1. The molecule has 0 unspecified atom stereocenters. The molecule has 1 saturated heterocycles. The number of nitrogens with one attached hydrogen (secondary N) is 1. The number of nitro benzene ring substituents is 1. The molecule has 8 nitrogen and oxygen atoms in total. The predicted octanol–water partition coefficient (Wildman–Crippen LogP) is 2.29. The largest absolute Gasteiger partial charge is 0.376 e. The predicted molar refractivity (Wildman–Crippen MR) is 91.2 cm³/mol. The van der Waals surface area contributed by atoms with E-state index < -0.39 is 4.92 Å². The molecule has 0 radical (unpaired) electrons. The zero-order chi connectivity index (χ0) is 18.0. The van der Waals surface area contributed by atoms with Gasteiger partial charge in [0.05, 0.1) is 22.6 Å². The molecule has 25 heavy (non-hydrogen) atoms. The van der Waals surface area contributed by atoms with Crippen LogP contribution in [0.2, 0.25) is 0 Å². The summed E-state index contributed by atoms with van der Waals surface area (Å²) in [6, 6.07) is 5.91. The minimum absolute atomic E-state index is 0.00214. The van der Waals surface area contributed by atoms with E-state index in [-0.39, 0.29) is 23.7 Å². The van der Waals surface area contributed by atoms with Crippen LogP contribution in [-0.2, 0) is 11.8 Å². The SMILES string of the molecule is C[C@@H](NC(=O)c1cn(C)nc1-c1ccc([N+](=O)[O-])cc1)[C@H]1CCCO1. The van der Waals surface area contributed by atoms with Crippen molar-refractivity contribution in [3.63, 3.8) is 0 Å². The highest BCUT2D eigenvalue weighted by molar-refractivity contribution is 6.00. The number of carbonyl (C=O) groups is 1. The standard InChI is InChI=1S/C17H20N4O4/c1-11(15-4-3-9-25-15)18-17(22)14-10-20(2)19-16(14)12-5-7-13(8-6-12)21(23)24/h5-8,10-11,15H,3-4,9H2,1-2H3,(H,18,22)/t11-,15-/m1/s1. The second-order valence-electron chi connectivity index (χ2n) is 6.18. The Morgan fingerprint density at radius 1 is 1.44 bits per heavy atom. The lowest BCUT2D eigenvalue weighted by Crippen LogP contribution is -2.40. The number of aryl methyl sites for hydroxylation is 1. The van der Waals surface area contributed by atoms with E-state index in [9.17, 15) is 14.9 Å². The highest BCUT2D eigenvalue weighted by atomic mass is 16.6. The van der Waals surface area contributed by atoms with Crippen molar-refractivity contribution in [1.29, 1.82) is 0 Å². The summed E-state index contributed by atoms with van der Waals surface area (Å²) < 4.78 is 7.17. The third kappa shape index (κ3) is 3.69. The molecular weight excluding hydrogens is 324 g/mol. The van der Waals surface area contributed by atoms with Gasteiger partial charge in [-0.15, -0.1) is 0 Å². The Bertz CT molecular complexity index is 778. The molecule has 1 N–H and O–H groups in total. The van der Waals surface area contributed by atoms with Gasteiger partial charge in [0.1, 0.15) is 5.69 Å². The first-order chi connectivity index (χ1) is 12.0. The van der Waals surface area contributed by atoms with Crippen LogP contribution < -0.4 is 5.32 Å². The van der Waals surface area contributed by atoms with Gasteiger partial charge < -0.3 is 10.1 Å². The van der Waals surface area contributed by atoms with Crippen molar-refractivity contribution >= 4 is 11.6 Å². The molecule has 2 aromatic rings. The van der Waals surface area contributed by atoms with Gasteiger partial charge in [-0.05, 0) is 31.9 Å². The van der Waals surface area contributed by atoms with Crippen LogP contribution in [0.25, 0.3) is 11.3 Å². The van der Waals surface area contributed by atoms with Crippen molar-refractivity contribution in [2.45, 2.75) is 31.9 Å². The molecule has 3 rings (SSSR count). The van der Waals surface area contributed by atoms with Gasteiger partial charge in [-0.3, -0.25) is 19.6 Å². The maximum absolute atomic E-state index is 12.7. The molecule has 8 heteroatoms. The van der Waals surface area contributed by atoms with Gasteiger partial charge in [0.15, 0.2) is 0 Å². The number of rotatable bonds is 5. The van der Waals surface area contributed by atoms with Gasteiger partial charge in [0.25, 0.3) is 11.6 Å². The van der Waals surface area contributed by atoms with Crippen molar-refractivity contribution in [3.8, 4) is 11.3 Å². The van der Waals surface area contributed by atoms with Crippen LogP contribution in [-0.4, -0.2) is 39.4 Å². The number of nitro groups is 1. The van der Waals surface area contributed by atoms with Crippen molar-refractivity contribution in [2.75, 3.05) is 6.61 Å². The second-order valence-corrected chi connectivity index (χ2v) is 6.18. The van der Waals surface area contributed by atoms with Gasteiger partial charge in [-0.1, -0.05) is 0 Å². The van der Waals surface area contributed by atoms with Crippen LogP contribution in [0.1, 0.15) is 30.1 Å². The highest BCUT2D eigenvalue weighted by Crippen LogP contribution is 2.25. The zero-order valence-electron chi connectivity index (χ0n) is 14.1. The van der Waals surface area contributed by atoms with Crippen LogP contribution in [0.3, 0.4) is 0 Å². The van der Waals surface area contributed by atoms with Crippen molar-refractivity contribution in [1.82, 2.24) is 15.1 Å². The summed E-state index contributed by atoms with van der Waals surface area (Å²) in [4.78, 5) is 23.0. The lowest BCUT2D eigenvalue weighted by Gasteiger charge is -2.19. The lowest BCUT2D eigenvalue weighted by atomic mass is 10.1. The van der Waals surface area contributed by atoms with E-state index in [4.69, 9.17) is 4.74 Å². The van der Waals surface area contributed by atoms with Crippen LogP contribution in [0, 0.1) is 10.1 Å². The molecule has 1 aliphatic rings. The molecule has 0 bridgehead atoms. The molecule has 0 aliphatic carbocycles. The lowest BCUT2D eigenvalue weighted by molar-refractivity contribution is -0.384. The summed E-state index contributed by atoms with van der Waals surface area (Å²) in [6.45, 7) is 2.65. The summed E-state index contributed by atoms with van der Waals surface area (Å²) in [5.74, 6) is -0.232. The molecule has 1 aromatic heterocycles. The Morgan fingerprint density at radius 3 is 2.76 bits per heavy atom. The van der Waals surface area contributed by atoms with E-state index in [1.807, 2.05) is 6.92 Å². The average molecular weight is 344 g/mol. The Morgan fingerprint density at radius 2 is 2.16 bits per heavy atom. The molecule has 1 aromatic carbocycles. The first-order valence-corrected chi connectivity index (χ1v) is 8.16. The van der Waals surface area contributed by atoms with E-state index in [0.717, 1.165) is 19.4 Å². The number of carbonyl (C=O) groups excluding carboxylic acids is 1. The summed E-state index contributed by atoms with van der Waals surface area (Å²) in [5, 5.41) is 18.1. The third-order valence-electron chi connectivity index (χ3n) is 4.31.